The summed E-state index contributed by atoms with van der Waals surface area (Å²) in [6.45, 7) is 6.52. The SMILES string of the molecule is CCOc1ccc(-n2c(C)cc(/C=N\NC(=O)C(=O)Nc3cccc(Br)c3)c2C)cc1. The zero-order valence-electron chi connectivity index (χ0n) is 17.5. The molecule has 0 unspecified atom stereocenters. The maximum atomic E-state index is 12.0. The van der Waals surface area contributed by atoms with Crippen molar-refractivity contribution < 1.29 is 14.3 Å². The molecule has 1 aromatic heterocycles. The number of aryl methyl sites for hydroxylation is 1. The molecule has 0 spiro atoms. The van der Waals surface area contributed by atoms with Crippen molar-refractivity contribution in [1.82, 2.24) is 9.99 Å². The predicted molar refractivity (Wildman–Crippen MR) is 125 cm³/mol. The Morgan fingerprint density at radius 2 is 1.84 bits per heavy atom. The van der Waals surface area contributed by atoms with E-state index in [-0.39, 0.29) is 0 Å². The summed E-state index contributed by atoms with van der Waals surface area (Å²) in [6.07, 6.45) is 1.53. The molecule has 2 amide bonds. The van der Waals surface area contributed by atoms with Gasteiger partial charge < -0.3 is 14.6 Å². The number of rotatable bonds is 6. The predicted octanol–water partition coefficient (Wildman–Crippen LogP) is 4.34. The van der Waals surface area contributed by atoms with Crippen molar-refractivity contribution in [3.05, 3.63) is 76.0 Å². The number of carbonyl (C=O) groups excluding carboxylic acids is 2. The molecular weight excluding hydrogens is 460 g/mol. The van der Waals surface area contributed by atoms with Crippen molar-refractivity contribution in [3.8, 4) is 11.4 Å². The second kappa shape index (κ2) is 10.1. The summed E-state index contributed by atoms with van der Waals surface area (Å²) in [5.74, 6) is -0.828. The molecule has 160 valence electrons. The molecule has 0 saturated carbocycles. The third-order valence-electron chi connectivity index (χ3n) is 4.53. The lowest BCUT2D eigenvalue weighted by atomic mass is 10.2. The Morgan fingerprint density at radius 1 is 1.10 bits per heavy atom. The lowest BCUT2D eigenvalue weighted by Crippen LogP contribution is -2.32. The zero-order valence-corrected chi connectivity index (χ0v) is 19.1. The molecule has 0 aliphatic carbocycles. The maximum absolute atomic E-state index is 12.0. The van der Waals surface area contributed by atoms with Crippen molar-refractivity contribution in [3.63, 3.8) is 0 Å². The summed E-state index contributed by atoms with van der Waals surface area (Å²) in [7, 11) is 0. The molecule has 2 aromatic carbocycles. The molecule has 8 heteroatoms. The number of nitrogens with zero attached hydrogens (tertiary/aromatic N) is 2. The number of halogens is 1. The van der Waals surface area contributed by atoms with Crippen LogP contribution in [0.1, 0.15) is 23.9 Å². The van der Waals surface area contributed by atoms with Gasteiger partial charge in [-0.2, -0.15) is 5.10 Å². The fourth-order valence-electron chi connectivity index (χ4n) is 3.14. The average Bonchev–Trinajstić information content (AvgIpc) is 3.02. The number of hydrazone groups is 1. The molecule has 0 atom stereocenters. The average molecular weight is 483 g/mol. The van der Waals surface area contributed by atoms with E-state index in [1.807, 2.05) is 57.2 Å². The molecule has 0 radical (unpaired) electrons. The minimum Gasteiger partial charge on any atom is -0.494 e. The van der Waals surface area contributed by atoms with Gasteiger partial charge >= 0.3 is 11.8 Å². The van der Waals surface area contributed by atoms with E-state index in [0.717, 1.165) is 32.9 Å². The van der Waals surface area contributed by atoms with Crippen LogP contribution in [0.3, 0.4) is 0 Å². The number of amides is 2. The first-order chi connectivity index (χ1) is 14.9. The molecule has 0 aliphatic rings. The van der Waals surface area contributed by atoms with Crippen molar-refractivity contribution in [2.75, 3.05) is 11.9 Å². The first-order valence-corrected chi connectivity index (χ1v) is 10.5. The molecule has 1 heterocycles. The van der Waals surface area contributed by atoms with E-state index in [1.165, 1.54) is 6.21 Å². The van der Waals surface area contributed by atoms with Crippen molar-refractivity contribution in [2.45, 2.75) is 20.8 Å². The molecule has 31 heavy (non-hydrogen) atoms. The minimum atomic E-state index is -0.850. The first-order valence-electron chi connectivity index (χ1n) is 9.71. The fourth-order valence-corrected chi connectivity index (χ4v) is 3.54. The second-order valence-corrected chi connectivity index (χ2v) is 7.67. The Bertz CT molecular complexity index is 1120. The van der Waals surface area contributed by atoms with E-state index in [0.29, 0.717) is 12.3 Å². The van der Waals surface area contributed by atoms with Crippen LogP contribution < -0.4 is 15.5 Å². The van der Waals surface area contributed by atoms with E-state index >= 15 is 0 Å². The lowest BCUT2D eigenvalue weighted by molar-refractivity contribution is -0.136. The van der Waals surface area contributed by atoms with Gasteiger partial charge in [-0.15, -0.1) is 0 Å². The van der Waals surface area contributed by atoms with Crippen LogP contribution in [0.25, 0.3) is 5.69 Å². The highest BCUT2D eigenvalue weighted by atomic mass is 79.9. The second-order valence-electron chi connectivity index (χ2n) is 6.75. The molecule has 0 saturated heterocycles. The number of nitrogens with one attached hydrogen (secondary N) is 2. The fraction of sp³-hybridized carbons (Fsp3) is 0.174. The van der Waals surface area contributed by atoms with Crippen LogP contribution in [0.2, 0.25) is 0 Å². The lowest BCUT2D eigenvalue weighted by Gasteiger charge is -2.10. The van der Waals surface area contributed by atoms with Gasteiger partial charge in [0.1, 0.15) is 5.75 Å². The first kappa shape index (κ1) is 22.3. The molecule has 0 bridgehead atoms. The monoisotopic (exact) mass is 482 g/mol. The van der Waals surface area contributed by atoms with Gasteiger partial charge in [-0.1, -0.05) is 22.0 Å². The summed E-state index contributed by atoms with van der Waals surface area (Å²) in [4.78, 5) is 24.0. The minimum absolute atomic E-state index is 0.511. The maximum Gasteiger partial charge on any atom is 0.329 e. The van der Waals surface area contributed by atoms with Gasteiger partial charge in [-0.25, -0.2) is 5.43 Å². The van der Waals surface area contributed by atoms with Crippen molar-refractivity contribution in [2.24, 2.45) is 5.10 Å². The van der Waals surface area contributed by atoms with Crippen LogP contribution in [-0.4, -0.2) is 29.2 Å². The molecule has 3 rings (SSSR count). The number of carbonyl (C=O) groups is 2. The summed E-state index contributed by atoms with van der Waals surface area (Å²) >= 11 is 3.32. The molecule has 3 aromatic rings. The molecule has 0 fully saturated rings. The number of anilines is 1. The van der Waals surface area contributed by atoms with Crippen molar-refractivity contribution >= 4 is 39.6 Å². The van der Waals surface area contributed by atoms with Gasteiger partial charge in [0, 0.05) is 32.8 Å². The quantitative estimate of drug-likeness (QED) is 0.311. The van der Waals surface area contributed by atoms with Crippen LogP contribution in [0.15, 0.2) is 64.2 Å². The number of benzene rings is 2. The van der Waals surface area contributed by atoms with Gasteiger partial charge in [0.05, 0.1) is 12.8 Å². The van der Waals surface area contributed by atoms with E-state index in [9.17, 15) is 9.59 Å². The summed E-state index contributed by atoms with van der Waals surface area (Å²) in [6, 6.07) is 16.8. The Kier molecular flexibility index (Phi) is 7.25. The largest absolute Gasteiger partial charge is 0.494 e. The van der Waals surface area contributed by atoms with Gasteiger partial charge in [-0.05, 0) is 69.3 Å². The normalized spacial score (nSPS) is 10.8. The van der Waals surface area contributed by atoms with Crippen LogP contribution in [0, 0.1) is 13.8 Å². The van der Waals surface area contributed by atoms with Gasteiger partial charge in [0.15, 0.2) is 0 Å². The van der Waals surface area contributed by atoms with E-state index in [4.69, 9.17) is 4.74 Å². The number of hydrogen-bond donors (Lipinski definition) is 2. The number of ether oxygens (including phenoxy) is 1. The van der Waals surface area contributed by atoms with E-state index in [2.05, 4.69) is 36.3 Å². The van der Waals surface area contributed by atoms with Crippen LogP contribution >= 0.6 is 15.9 Å². The Labute approximate surface area is 189 Å². The third-order valence-corrected chi connectivity index (χ3v) is 5.03. The summed E-state index contributed by atoms with van der Waals surface area (Å²) in [5, 5.41) is 6.46. The highest BCUT2D eigenvalue weighted by Gasteiger charge is 2.14. The summed E-state index contributed by atoms with van der Waals surface area (Å²) in [5.41, 5.74) is 6.58. The van der Waals surface area contributed by atoms with Gasteiger partial charge in [0.25, 0.3) is 0 Å². The third kappa shape index (κ3) is 5.61. The molecular formula is C23H23BrN4O3. The van der Waals surface area contributed by atoms with Crippen LogP contribution in [-0.2, 0) is 9.59 Å². The molecule has 2 N–H and O–H groups in total. The van der Waals surface area contributed by atoms with Crippen LogP contribution in [0.5, 0.6) is 5.75 Å². The number of aromatic nitrogens is 1. The molecule has 0 aliphatic heterocycles. The van der Waals surface area contributed by atoms with E-state index < -0.39 is 11.8 Å². The van der Waals surface area contributed by atoms with Gasteiger partial charge in [0.2, 0.25) is 0 Å². The highest BCUT2D eigenvalue weighted by Crippen LogP contribution is 2.22. The molecule has 7 nitrogen and oxygen atoms in total. The zero-order chi connectivity index (χ0) is 22.4. The van der Waals surface area contributed by atoms with Gasteiger partial charge in [-0.3, -0.25) is 9.59 Å². The standard InChI is InChI=1S/C23H23BrN4O3/c1-4-31-21-10-8-20(9-11-21)28-15(2)12-17(16(28)3)14-25-27-23(30)22(29)26-19-7-5-6-18(24)13-19/h5-14H,4H2,1-3H3,(H,26,29)(H,27,30)/b25-14-. The Hall–Kier alpha value is -3.39. The van der Waals surface area contributed by atoms with Crippen molar-refractivity contribution in [1.29, 1.82) is 0 Å². The van der Waals surface area contributed by atoms with Crippen LogP contribution in [0.4, 0.5) is 5.69 Å². The number of hydrogen-bond acceptors (Lipinski definition) is 4. The Balaban J connectivity index is 1.66. The topological polar surface area (TPSA) is 84.7 Å². The Morgan fingerprint density at radius 3 is 2.52 bits per heavy atom. The highest BCUT2D eigenvalue weighted by molar-refractivity contribution is 9.10. The van der Waals surface area contributed by atoms with E-state index in [1.54, 1.807) is 18.2 Å². The smallest absolute Gasteiger partial charge is 0.329 e. The summed E-state index contributed by atoms with van der Waals surface area (Å²) < 4.78 is 8.37.